The fourth-order valence-electron chi connectivity index (χ4n) is 2.90. The van der Waals surface area contributed by atoms with E-state index in [2.05, 4.69) is 5.10 Å². The Balaban J connectivity index is 1.98. The summed E-state index contributed by atoms with van der Waals surface area (Å²) in [6.45, 7) is 1.84. The number of halogens is 1. The van der Waals surface area contributed by atoms with Gasteiger partial charge < -0.3 is 4.74 Å². The zero-order valence-electron chi connectivity index (χ0n) is 13.7. The van der Waals surface area contributed by atoms with E-state index in [0.717, 1.165) is 22.6 Å². The van der Waals surface area contributed by atoms with Gasteiger partial charge in [-0.15, -0.1) is 0 Å². The van der Waals surface area contributed by atoms with Crippen molar-refractivity contribution in [1.82, 2.24) is 5.01 Å². The molecule has 0 radical (unpaired) electrons. The number of ether oxygens (including phenoxy) is 1. The molecule has 0 N–H and O–H groups in total. The van der Waals surface area contributed by atoms with E-state index >= 15 is 0 Å². The Morgan fingerprint density at radius 1 is 1.25 bits per heavy atom. The van der Waals surface area contributed by atoms with Gasteiger partial charge in [0.25, 0.3) is 0 Å². The highest BCUT2D eigenvalue weighted by molar-refractivity contribution is 6.30. The average molecular weight is 343 g/mol. The number of hydrogen-bond donors (Lipinski definition) is 0. The van der Waals surface area contributed by atoms with Crippen LogP contribution in [0, 0.1) is 0 Å². The normalized spacial score (nSPS) is 16.9. The third-order valence-corrected chi connectivity index (χ3v) is 4.40. The monoisotopic (exact) mass is 342 g/mol. The second kappa shape index (κ2) is 7.05. The Bertz CT molecular complexity index is 771. The molecule has 0 unspecified atom stereocenters. The van der Waals surface area contributed by atoms with Crippen molar-refractivity contribution in [2.75, 3.05) is 7.11 Å². The number of hydrogen-bond acceptors (Lipinski definition) is 3. The molecule has 24 heavy (non-hydrogen) atoms. The Labute approximate surface area is 146 Å². The highest BCUT2D eigenvalue weighted by Crippen LogP contribution is 2.37. The van der Waals surface area contributed by atoms with Gasteiger partial charge in [0.15, 0.2) is 0 Å². The molecule has 5 heteroatoms. The molecular formula is C19H19ClN2O2. The molecule has 0 aliphatic carbocycles. The van der Waals surface area contributed by atoms with E-state index in [4.69, 9.17) is 16.3 Å². The number of carbonyl (C=O) groups is 1. The summed E-state index contributed by atoms with van der Waals surface area (Å²) in [6.07, 6.45) is 1.05. The highest BCUT2D eigenvalue weighted by Gasteiger charge is 2.33. The molecule has 1 aliphatic rings. The summed E-state index contributed by atoms with van der Waals surface area (Å²) in [6, 6.07) is 15.1. The molecule has 2 aromatic rings. The van der Waals surface area contributed by atoms with Gasteiger partial charge in [0.05, 0.1) is 18.9 Å². The third kappa shape index (κ3) is 3.15. The van der Waals surface area contributed by atoms with Crippen molar-refractivity contribution in [3.8, 4) is 5.75 Å². The van der Waals surface area contributed by atoms with E-state index in [1.165, 1.54) is 0 Å². The lowest BCUT2D eigenvalue weighted by atomic mass is 9.97. The summed E-state index contributed by atoms with van der Waals surface area (Å²) < 4.78 is 5.47. The largest absolute Gasteiger partial charge is 0.496 e. The second-order valence-corrected chi connectivity index (χ2v) is 6.04. The summed E-state index contributed by atoms with van der Waals surface area (Å²) in [7, 11) is 1.64. The van der Waals surface area contributed by atoms with Gasteiger partial charge in [0, 0.05) is 23.4 Å². The van der Waals surface area contributed by atoms with E-state index in [-0.39, 0.29) is 11.9 Å². The van der Waals surface area contributed by atoms with Gasteiger partial charge in [-0.2, -0.15) is 5.10 Å². The van der Waals surface area contributed by atoms with Crippen LogP contribution in [0.2, 0.25) is 5.02 Å². The van der Waals surface area contributed by atoms with E-state index in [0.29, 0.717) is 17.9 Å². The van der Waals surface area contributed by atoms with Gasteiger partial charge in [-0.1, -0.05) is 48.9 Å². The first kappa shape index (κ1) is 16.5. The molecule has 2 aromatic carbocycles. The molecule has 0 saturated heterocycles. The first-order chi connectivity index (χ1) is 11.6. The van der Waals surface area contributed by atoms with Crippen molar-refractivity contribution in [3.63, 3.8) is 0 Å². The van der Waals surface area contributed by atoms with Crippen molar-refractivity contribution in [2.24, 2.45) is 5.10 Å². The molecule has 3 rings (SSSR count). The average Bonchev–Trinajstić information content (AvgIpc) is 3.06. The van der Waals surface area contributed by atoms with E-state index in [9.17, 15) is 4.79 Å². The zero-order chi connectivity index (χ0) is 17.1. The van der Waals surface area contributed by atoms with Gasteiger partial charge in [0.2, 0.25) is 5.91 Å². The standard InChI is InChI=1S/C19H19ClN2O2/c1-3-19(23)22-17(15-6-4-5-7-18(15)24-2)12-16(21-22)13-8-10-14(20)11-9-13/h4-11,17H,3,12H2,1-2H3/t17-/m1/s1. The topological polar surface area (TPSA) is 41.9 Å². The number of nitrogens with zero attached hydrogens (tertiary/aromatic N) is 2. The first-order valence-corrected chi connectivity index (χ1v) is 8.30. The van der Waals surface area contributed by atoms with E-state index < -0.39 is 0 Å². The molecule has 0 saturated carbocycles. The lowest BCUT2D eigenvalue weighted by Crippen LogP contribution is -2.26. The predicted molar refractivity (Wildman–Crippen MR) is 95.5 cm³/mol. The van der Waals surface area contributed by atoms with Gasteiger partial charge in [0.1, 0.15) is 5.75 Å². The van der Waals surface area contributed by atoms with Crippen molar-refractivity contribution < 1.29 is 9.53 Å². The number of amides is 1. The zero-order valence-corrected chi connectivity index (χ0v) is 14.5. The SMILES string of the molecule is CCC(=O)N1N=C(c2ccc(Cl)cc2)C[C@@H]1c1ccccc1OC. The van der Waals surface area contributed by atoms with Crippen LogP contribution in [0.1, 0.15) is 36.9 Å². The first-order valence-electron chi connectivity index (χ1n) is 7.92. The molecule has 1 aliphatic heterocycles. The molecule has 0 spiro atoms. The van der Waals surface area contributed by atoms with Crippen LogP contribution in [0.5, 0.6) is 5.75 Å². The molecule has 0 bridgehead atoms. The van der Waals surface area contributed by atoms with Crippen LogP contribution in [-0.2, 0) is 4.79 Å². The lowest BCUT2D eigenvalue weighted by molar-refractivity contribution is -0.132. The smallest absolute Gasteiger partial charge is 0.242 e. The Morgan fingerprint density at radius 3 is 2.62 bits per heavy atom. The molecule has 1 heterocycles. The van der Waals surface area contributed by atoms with Crippen LogP contribution in [0.25, 0.3) is 0 Å². The number of carbonyl (C=O) groups excluding carboxylic acids is 1. The second-order valence-electron chi connectivity index (χ2n) is 5.61. The van der Waals surface area contributed by atoms with Gasteiger partial charge in [-0.3, -0.25) is 4.79 Å². The summed E-state index contributed by atoms with van der Waals surface area (Å²) in [5.41, 5.74) is 2.82. The number of hydrazone groups is 1. The number of methoxy groups -OCH3 is 1. The minimum atomic E-state index is -0.153. The van der Waals surface area contributed by atoms with E-state index in [1.54, 1.807) is 12.1 Å². The lowest BCUT2D eigenvalue weighted by Gasteiger charge is -2.23. The predicted octanol–water partition coefficient (Wildman–Crippen LogP) is 4.44. The molecule has 0 fully saturated rings. The van der Waals surface area contributed by atoms with Crippen molar-refractivity contribution in [3.05, 3.63) is 64.7 Å². The maximum absolute atomic E-state index is 12.4. The summed E-state index contributed by atoms with van der Waals surface area (Å²) in [5.74, 6) is 0.763. The van der Waals surface area contributed by atoms with Gasteiger partial charge in [-0.05, 0) is 23.8 Å². The van der Waals surface area contributed by atoms with Crippen LogP contribution in [-0.4, -0.2) is 23.7 Å². The molecule has 4 nitrogen and oxygen atoms in total. The fraction of sp³-hybridized carbons (Fsp3) is 0.263. The molecule has 1 atom stereocenters. The van der Waals surface area contributed by atoms with Crippen LogP contribution < -0.4 is 4.74 Å². The Kier molecular flexibility index (Phi) is 4.86. The van der Waals surface area contributed by atoms with Crippen molar-refractivity contribution in [2.45, 2.75) is 25.8 Å². The highest BCUT2D eigenvalue weighted by atomic mass is 35.5. The Hall–Kier alpha value is -2.33. The minimum Gasteiger partial charge on any atom is -0.496 e. The summed E-state index contributed by atoms with van der Waals surface area (Å²) in [4.78, 5) is 12.4. The van der Waals surface area contributed by atoms with Gasteiger partial charge in [-0.25, -0.2) is 5.01 Å². The molecular weight excluding hydrogens is 324 g/mol. The molecule has 0 aromatic heterocycles. The summed E-state index contributed by atoms with van der Waals surface area (Å²) >= 11 is 5.96. The summed E-state index contributed by atoms with van der Waals surface area (Å²) in [5, 5.41) is 6.86. The number of para-hydroxylation sites is 1. The van der Waals surface area contributed by atoms with Crippen LogP contribution in [0.3, 0.4) is 0 Å². The fourth-order valence-corrected chi connectivity index (χ4v) is 3.03. The van der Waals surface area contributed by atoms with Crippen molar-refractivity contribution >= 4 is 23.2 Å². The maximum Gasteiger partial charge on any atom is 0.242 e. The molecule has 1 amide bonds. The Morgan fingerprint density at radius 2 is 1.96 bits per heavy atom. The third-order valence-electron chi connectivity index (χ3n) is 4.14. The molecule has 124 valence electrons. The maximum atomic E-state index is 12.4. The minimum absolute atomic E-state index is 0.00475. The van der Waals surface area contributed by atoms with Crippen LogP contribution in [0.15, 0.2) is 53.6 Å². The van der Waals surface area contributed by atoms with Crippen molar-refractivity contribution in [1.29, 1.82) is 0 Å². The number of benzene rings is 2. The number of rotatable bonds is 4. The quantitative estimate of drug-likeness (QED) is 0.824. The van der Waals surface area contributed by atoms with Crippen LogP contribution in [0.4, 0.5) is 0 Å². The van der Waals surface area contributed by atoms with Gasteiger partial charge >= 0.3 is 0 Å². The van der Waals surface area contributed by atoms with E-state index in [1.807, 2.05) is 55.5 Å². The van der Waals surface area contributed by atoms with Crippen LogP contribution >= 0.6 is 11.6 Å².